The van der Waals surface area contributed by atoms with E-state index in [1.165, 1.54) is 7.11 Å². The van der Waals surface area contributed by atoms with Gasteiger partial charge >= 0.3 is 6.03 Å². The maximum absolute atomic E-state index is 13.8. The summed E-state index contributed by atoms with van der Waals surface area (Å²) >= 11 is 0. The van der Waals surface area contributed by atoms with E-state index in [4.69, 9.17) is 9.84 Å². The number of hydrogen-bond donors (Lipinski definition) is 3. The molecule has 1 aliphatic rings. The normalized spacial score (nSPS) is 20.3. The number of methoxy groups -OCH3 is 1. The van der Waals surface area contributed by atoms with Gasteiger partial charge in [0.2, 0.25) is 0 Å². The number of anilines is 1. The van der Waals surface area contributed by atoms with Gasteiger partial charge in [-0.2, -0.15) is 0 Å². The van der Waals surface area contributed by atoms with E-state index in [-0.39, 0.29) is 30.0 Å². The van der Waals surface area contributed by atoms with Crippen LogP contribution in [-0.4, -0.2) is 44.6 Å². The van der Waals surface area contributed by atoms with Crippen molar-refractivity contribution in [2.45, 2.75) is 12.8 Å². The van der Waals surface area contributed by atoms with Gasteiger partial charge in [-0.15, -0.1) is 0 Å². The van der Waals surface area contributed by atoms with Crippen molar-refractivity contribution in [1.82, 2.24) is 5.32 Å². The number of benzene rings is 1. The Bertz CT molecular complexity index is 563. The van der Waals surface area contributed by atoms with Gasteiger partial charge in [0, 0.05) is 37.3 Å². The van der Waals surface area contributed by atoms with Crippen LogP contribution in [0.5, 0.6) is 5.75 Å². The molecule has 0 radical (unpaired) electrons. The summed E-state index contributed by atoms with van der Waals surface area (Å²) in [5.41, 5.74) is -0.602. The van der Waals surface area contributed by atoms with E-state index in [1.807, 2.05) is 0 Å². The summed E-state index contributed by atoms with van der Waals surface area (Å²) in [4.78, 5) is 11.9. The van der Waals surface area contributed by atoms with Crippen molar-refractivity contribution < 1.29 is 28.2 Å². The van der Waals surface area contributed by atoms with Crippen molar-refractivity contribution in [3.63, 3.8) is 0 Å². The van der Waals surface area contributed by atoms with Gasteiger partial charge in [-0.05, 0) is 12.8 Å². The highest BCUT2D eigenvalue weighted by atomic mass is 19.1. The highest BCUT2D eigenvalue weighted by Gasteiger charge is 2.34. The molecule has 1 saturated heterocycles. The lowest BCUT2D eigenvalue weighted by atomic mass is 9.84. The van der Waals surface area contributed by atoms with Gasteiger partial charge in [0.1, 0.15) is 0 Å². The molecule has 0 spiro atoms. The predicted molar refractivity (Wildman–Crippen MR) is 79.5 cm³/mol. The first-order valence-electron chi connectivity index (χ1n) is 7.26. The molecular formula is C15H20F2N2O4. The van der Waals surface area contributed by atoms with Crippen LogP contribution in [0, 0.1) is 17.0 Å². The number of aliphatic hydroxyl groups is 1. The monoisotopic (exact) mass is 330 g/mol. The average molecular weight is 330 g/mol. The van der Waals surface area contributed by atoms with E-state index in [9.17, 15) is 13.6 Å². The van der Waals surface area contributed by atoms with Crippen LogP contribution in [0.25, 0.3) is 0 Å². The fourth-order valence-electron chi connectivity index (χ4n) is 2.53. The maximum Gasteiger partial charge on any atom is 0.319 e. The van der Waals surface area contributed by atoms with Gasteiger partial charge in [0.15, 0.2) is 17.4 Å². The molecule has 1 unspecified atom stereocenters. The summed E-state index contributed by atoms with van der Waals surface area (Å²) in [7, 11) is 1.22. The van der Waals surface area contributed by atoms with Crippen molar-refractivity contribution in [2.24, 2.45) is 5.41 Å². The predicted octanol–water partition coefficient (Wildman–Crippen LogP) is 1.88. The summed E-state index contributed by atoms with van der Waals surface area (Å²) in [5, 5.41) is 14.0. The zero-order valence-electron chi connectivity index (χ0n) is 12.8. The summed E-state index contributed by atoms with van der Waals surface area (Å²) in [5.74, 6) is -1.81. The Hall–Kier alpha value is -1.93. The number of carbonyl (C=O) groups excluding carboxylic acids is 1. The number of aliphatic hydroxyl groups excluding tert-OH is 1. The summed E-state index contributed by atoms with van der Waals surface area (Å²) < 4.78 is 37.3. The fourth-order valence-corrected chi connectivity index (χ4v) is 2.53. The molecule has 8 heteroatoms. The molecule has 2 rings (SSSR count). The van der Waals surface area contributed by atoms with Gasteiger partial charge < -0.3 is 25.2 Å². The van der Waals surface area contributed by atoms with Gasteiger partial charge in [-0.3, -0.25) is 0 Å². The minimum atomic E-state index is -0.798. The molecular weight excluding hydrogens is 310 g/mol. The third-order valence-corrected chi connectivity index (χ3v) is 3.94. The van der Waals surface area contributed by atoms with Crippen LogP contribution < -0.4 is 15.4 Å². The molecule has 23 heavy (non-hydrogen) atoms. The third-order valence-electron chi connectivity index (χ3n) is 3.94. The van der Waals surface area contributed by atoms with Gasteiger partial charge in [-0.25, -0.2) is 13.6 Å². The molecule has 0 bridgehead atoms. The first-order chi connectivity index (χ1) is 11.0. The first kappa shape index (κ1) is 17.4. The van der Waals surface area contributed by atoms with Crippen LogP contribution >= 0.6 is 0 Å². The lowest BCUT2D eigenvalue weighted by Crippen LogP contribution is -2.40. The van der Waals surface area contributed by atoms with Crippen LogP contribution in [-0.2, 0) is 4.74 Å². The highest BCUT2D eigenvalue weighted by molar-refractivity contribution is 5.89. The summed E-state index contributed by atoms with van der Waals surface area (Å²) in [6, 6.07) is 1.07. The second kappa shape index (κ2) is 7.56. The molecule has 1 aromatic carbocycles. The van der Waals surface area contributed by atoms with Gasteiger partial charge in [0.25, 0.3) is 0 Å². The van der Waals surface area contributed by atoms with Crippen LogP contribution in [0.15, 0.2) is 12.1 Å². The zero-order chi connectivity index (χ0) is 16.9. The Labute approximate surface area is 132 Å². The van der Waals surface area contributed by atoms with Crippen molar-refractivity contribution in [3.05, 3.63) is 23.8 Å². The SMILES string of the molecule is COc1cc(F)c(NC(=O)NCC2(CCO)CCOC2)cc1F. The van der Waals surface area contributed by atoms with Crippen molar-refractivity contribution in [1.29, 1.82) is 0 Å². The smallest absolute Gasteiger partial charge is 0.319 e. The number of ether oxygens (including phenoxy) is 2. The number of rotatable bonds is 6. The molecule has 0 aromatic heterocycles. The molecule has 1 atom stereocenters. The Morgan fingerprint density at radius 1 is 1.43 bits per heavy atom. The molecule has 0 aliphatic carbocycles. The average Bonchev–Trinajstić information content (AvgIpc) is 2.98. The second-order valence-electron chi connectivity index (χ2n) is 5.55. The van der Waals surface area contributed by atoms with Crippen molar-refractivity contribution >= 4 is 11.7 Å². The Morgan fingerprint density at radius 2 is 2.22 bits per heavy atom. The van der Waals surface area contributed by atoms with Crippen molar-refractivity contribution in [2.75, 3.05) is 38.8 Å². The van der Waals surface area contributed by atoms with E-state index in [0.29, 0.717) is 19.6 Å². The minimum absolute atomic E-state index is 0.00895. The Kier molecular flexibility index (Phi) is 5.73. The third kappa shape index (κ3) is 4.29. The molecule has 1 fully saturated rings. The number of halogens is 2. The maximum atomic E-state index is 13.8. The highest BCUT2D eigenvalue weighted by Crippen LogP contribution is 2.31. The van der Waals surface area contributed by atoms with Gasteiger partial charge in [0.05, 0.1) is 19.4 Å². The van der Waals surface area contributed by atoms with E-state index < -0.39 is 17.7 Å². The molecule has 6 nitrogen and oxygen atoms in total. The number of hydrogen-bond acceptors (Lipinski definition) is 4. The Balaban J connectivity index is 1.96. The van der Waals surface area contributed by atoms with Crippen LogP contribution in [0.1, 0.15) is 12.8 Å². The molecule has 1 heterocycles. The quantitative estimate of drug-likeness (QED) is 0.744. The molecule has 2 amide bonds. The molecule has 128 valence electrons. The van der Waals surface area contributed by atoms with E-state index in [2.05, 4.69) is 15.4 Å². The molecule has 3 N–H and O–H groups in total. The van der Waals surface area contributed by atoms with Crippen LogP contribution in [0.3, 0.4) is 0 Å². The Morgan fingerprint density at radius 3 is 2.83 bits per heavy atom. The largest absolute Gasteiger partial charge is 0.494 e. The second-order valence-corrected chi connectivity index (χ2v) is 5.55. The number of nitrogens with one attached hydrogen (secondary N) is 2. The molecule has 1 aromatic rings. The number of carbonyl (C=O) groups is 1. The standard InChI is InChI=1S/C15H20F2N2O4/c1-22-13-7-10(16)12(6-11(13)17)19-14(21)18-8-15(2-4-20)3-5-23-9-15/h6-7,20H,2-5,8-9H2,1H3,(H2,18,19,21). The number of urea groups is 1. The summed E-state index contributed by atoms with van der Waals surface area (Å²) in [6.07, 6.45) is 1.22. The van der Waals surface area contributed by atoms with E-state index >= 15 is 0 Å². The van der Waals surface area contributed by atoms with Crippen molar-refractivity contribution in [3.8, 4) is 5.75 Å². The van der Waals surface area contributed by atoms with Crippen LogP contribution in [0.4, 0.5) is 19.3 Å². The topological polar surface area (TPSA) is 79.8 Å². The first-order valence-corrected chi connectivity index (χ1v) is 7.26. The summed E-state index contributed by atoms with van der Waals surface area (Å²) in [6.45, 7) is 1.28. The molecule has 1 aliphatic heterocycles. The van der Waals surface area contributed by atoms with Crippen LogP contribution in [0.2, 0.25) is 0 Å². The van der Waals surface area contributed by atoms with E-state index in [1.54, 1.807) is 0 Å². The number of amides is 2. The zero-order valence-corrected chi connectivity index (χ0v) is 12.8. The van der Waals surface area contributed by atoms with Gasteiger partial charge in [-0.1, -0.05) is 0 Å². The minimum Gasteiger partial charge on any atom is -0.494 e. The fraction of sp³-hybridized carbons (Fsp3) is 0.533. The molecule has 0 saturated carbocycles. The lowest BCUT2D eigenvalue weighted by Gasteiger charge is -2.26. The lowest BCUT2D eigenvalue weighted by molar-refractivity contribution is 0.126. The van der Waals surface area contributed by atoms with E-state index in [0.717, 1.165) is 18.6 Å².